The minimum atomic E-state index is -0.863. The van der Waals surface area contributed by atoms with Crippen LogP contribution in [0.25, 0.3) is 11.1 Å². The lowest BCUT2D eigenvalue weighted by Gasteiger charge is -2.37. The van der Waals surface area contributed by atoms with Gasteiger partial charge in [0.05, 0.1) is 7.11 Å². The number of carbonyl (C=O) groups excluding carboxylic acids is 1. The summed E-state index contributed by atoms with van der Waals surface area (Å²) >= 11 is 0. The van der Waals surface area contributed by atoms with Gasteiger partial charge in [0.1, 0.15) is 0 Å². The van der Waals surface area contributed by atoms with Crippen molar-refractivity contribution in [1.82, 2.24) is 0 Å². The summed E-state index contributed by atoms with van der Waals surface area (Å²) < 4.78 is 4.83. The van der Waals surface area contributed by atoms with Crippen LogP contribution in [0.15, 0.2) is 85.1 Å². The molecule has 5 nitrogen and oxygen atoms in total. The molecule has 2 saturated carbocycles. The molecule has 4 unspecified atom stereocenters. The van der Waals surface area contributed by atoms with Gasteiger partial charge < -0.3 is 19.6 Å². The summed E-state index contributed by atoms with van der Waals surface area (Å²) in [5.74, 6) is 1.58. The van der Waals surface area contributed by atoms with Crippen molar-refractivity contribution in [2.75, 3.05) is 31.0 Å². The van der Waals surface area contributed by atoms with Crippen LogP contribution in [0.3, 0.4) is 0 Å². The second kappa shape index (κ2) is 11.7. The normalized spacial score (nSPS) is 20.5. The number of aryl methyl sites for hydroxylation is 1. The maximum absolute atomic E-state index is 11.8. The number of carbonyl (C=O) groups is 1. The molecule has 0 saturated heterocycles. The third-order valence-corrected chi connectivity index (χ3v) is 8.68. The van der Waals surface area contributed by atoms with Crippen LogP contribution in [0.1, 0.15) is 49.5 Å². The fraction of sp³-hybridized carbons (Fsp3) is 0.382. The molecular weight excluding hydrogens is 484 g/mol. The van der Waals surface area contributed by atoms with Crippen LogP contribution < -0.4 is 9.80 Å². The van der Waals surface area contributed by atoms with Gasteiger partial charge in [-0.3, -0.25) is 4.79 Å². The van der Waals surface area contributed by atoms with E-state index in [0.29, 0.717) is 24.7 Å². The largest absolute Gasteiger partial charge is 0.469 e. The number of aliphatic hydroxyl groups excluding tert-OH is 1. The van der Waals surface area contributed by atoms with E-state index in [1.165, 1.54) is 26.4 Å². The zero-order chi connectivity index (χ0) is 27.5. The topological polar surface area (TPSA) is 53.0 Å². The fourth-order valence-electron chi connectivity index (χ4n) is 6.45. The number of hydrogen-bond donors (Lipinski definition) is 1. The number of nitrogens with zero attached hydrogens (tertiary/aromatic N) is 2. The Labute approximate surface area is 232 Å². The Kier molecular flexibility index (Phi) is 8.08. The van der Waals surface area contributed by atoms with Crippen molar-refractivity contribution in [3.63, 3.8) is 0 Å². The van der Waals surface area contributed by atoms with E-state index in [2.05, 4.69) is 53.9 Å². The highest BCUT2D eigenvalue weighted by Crippen LogP contribution is 2.52. The molecule has 0 aliphatic heterocycles. The van der Waals surface area contributed by atoms with Crippen LogP contribution in [0.2, 0.25) is 0 Å². The molecule has 3 aromatic rings. The highest BCUT2D eigenvalue weighted by atomic mass is 16.5. The third kappa shape index (κ3) is 5.89. The van der Waals surface area contributed by atoms with Gasteiger partial charge in [0.2, 0.25) is 0 Å². The average molecular weight is 525 g/mol. The third-order valence-electron chi connectivity index (χ3n) is 8.68. The van der Waals surface area contributed by atoms with Crippen molar-refractivity contribution in [3.05, 3.63) is 96.2 Å². The van der Waals surface area contributed by atoms with E-state index in [1.54, 1.807) is 0 Å². The van der Waals surface area contributed by atoms with Gasteiger partial charge in [-0.25, -0.2) is 0 Å². The molecule has 5 rings (SSSR count). The number of rotatable bonds is 10. The van der Waals surface area contributed by atoms with Crippen LogP contribution in [0.4, 0.5) is 11.4 Å². The van der Waals surface area contributed by atoms with E-state index >= 15 is 0 Å². The Morgan fingerprint density at radius 3 is 2.26 bits per heavy atom. The molecule has 39 heavy (non-hydrogen) atoms. The van der Waals surface area contributed by atoms with Gasteiger partial charge in [0, 0.05) is 49.1 Å². The van der Waals surface area contributed by atoms with Crippen LogP contribution >= 0.6 is 0 Å². The van der Waals surface area contributed by atoms with Crippen molar-refractivity contribution in [2.24, 2.45) is 17.8 Å². The van der Waals surface area contributed by atoms with Crippen LogP contribution in [-0.4, -0.2) is 32.3 Å². The van der Waals surface area contributed by atoms with Crippen molar-refractivity contribution in [3.8, 4) is 11.1 Å². The monoisotopic (exact) mass is 524 g/mol. The number of esters is 1. The van der Waals surface area contributed by atoms with E-state index in [-0.39, 0.29) is 5.97 Å². The number of fused-ring (bicyclic) bond motifs is 2. The quantitative estimate of drug-likeness (QED) is 0.229. The Balaban J connectivity index is 1.42. The molecule has 0 amide bonds. The van der Waals surface area contributed by atoms with Gasteiger partial charge in [0.25, 0.3) is 0 Å². The lowest BCUT2D eigenvalue weighted by molar-refractivity contribution is -0.140. The molecule has 0 heterocycles. The molecule has 2 aliphatic rings. The zero-order valence-corrected chi connectivity index (χ0v) is 23.3. The molecule has 2 aliphatic carbocycles. The minimum Gasteiger partial charge on any atom is -0.469 e. The van der Waals surface area contributed by atoms with Crippen molar-refractivity contribution in [2.45, 2.75) is 44.8 Å². The highest BCUT2D eigenvalue weighted by molar-refractivity contribution is 5.70. The number of benzene rings is 3. The second-order valence-corrected chi connectivity index (χ2v) is 11.3. The summed E-state index contributed by atoms with van der Waals surface area (Å²) in [6.45, 7) is 4.57. The first-order chi connectivity index (χ1) is 18.8. The average Bonchev–Trinajstić information content (AvgIpc) is 3.60. The SMILES string of the molecule is C=C(C1CC2CCC1C2)N(c1cccc(CCC(=O)OC)c1)C(O)c1ccc(-c2ccc(N(C)C)cc2)cc1. The van der Waals surface area contributed by atoms with E-state index in [1.807, 2.05) is 49.3 Å². The molecule has 1 N–H and O–H groups in total. The first-order valence-corrected chi connectivity index (χ1v) is 14.0. The molecular formula is C34H40N2O3. The minimum absolute atomic E-state index is 0.222. The summed E-state index contributed by atoms with van der Waals surface area (Å²) in [7, 11) is 5.49. The van der Waals surface area contributed by atoms with Crippen LogP contribution in [-0.2, 0) is 16.0 Å². The first-order valence-electron chi connectivity index (χ1n) is 14.0. The lowest BCUT2D eigenvalue weighted by atomic mass is 9.85. The van der Waals surface area contributed by atoms with E-state index < -0.39 is 6.23 Å². The van der Waals surface area contributed by atoms with Gasteiger partial charge in [-0.1, -0.05) is 61.5 Å². The zero-order valence-electron chi connectivity index (χ0n) is 23.3. The number of ether oxygens (including phenoxy) is 1. The summed E-state index contributed by atoms with van der Waals surface area (Å²) in [6.07, 6.45) is 5.04. The van der Waals surface area contributed by atoms with Gasteiger partial charge in [-0.05, 0) is 78.5 Å². The first kappa shape index (κ1) is 27.0. The summed E-state index contributed by atoms with van der Waals surface area (Å²) in [6, 6.07) is 24.8. The number of methoxy groups -OCH3 is 1. The molecule has 0 aromatic heterocycles. The van der Waals surface area contributed by atoms with Gasteiger partial charge in [0.15, 0.2) is 6.23 Å². The molecule has 2 bridgehead atoms. The van der Waals surface area contributed by atoms with Gasteiger partial charge >= 0.3 is 5.97 Å². The number of allylic oxidation sites excluding steroid dienone is 1. The molecule has 5 heteroatoms. The Hall–Kier alpha value is -3.57. The molecule has 0 radical (unpaired) electrons. The van der Waals surface area contributed by atoms with E-state index in [4.69, 9.17) is 4.74 Å². The van der Waals surface area contributed by atoms with Crippen LogP contribution in [0, 0.1) is 17.8 Å². The summed E-state index contributed by atoms with van der Waals surface area (Å²) in [4.78, 5) is 15.9. The maximum Gasteiger partial charge on any atom is 0.305 e. The Morgan fingerprint density at radius 2 is 1.67 bits per heavy atom. The smallest absolute Gasteiger partial charge is 0.305 e. The van der Waals surface area contributed by atoms with Crippen LogP contribution in [0.5, 0.6) is 0 Å². The van der Waals surface area contributed by atoms with Gasteiger partial charge in [-0.15, -0.1) is 0 Å². The maximum atomic E-state index is 11.8. The second-order valence-electron chi connectivity index (χ2n) is 11.3. The fourth-order valence-corrected chi connectivity index (χ4v) is 6.45. The predicted molar refractivity (Wildman–Crippen MR) is 159 cm³/mol. The molecule has 4 atom stereocenters. The highest BCUT2D eigenvalue weighted by Gasteiger charge is 2.42. The molecule has 2 fully saturated rings. The Morgan fingerprint density at radius 1 is 0.974 bits per heavy atom. The molecule has 0 spiro atoms. The standard InChI is InChI=1S/C34H40N2O3/c1-23(32-22-25-8-10-29(32)20-25)36(31-7-5-6-24(21-31)9-19-33(37)39-4)34(38)28-13-11-26(12-14-28)27-15-17-30(18-16-27)35(2)3/h5-7,11-18,21,25,29,32,34,38H,1,8-10,19-20,22H2,2-4H3. The van der Waals surface area contributed by atoms with E-state index in [0.717, 1.165) is 51.7 Å². The summed E-state index contributed by atoms with van der Waals surface area (Å²) in [5.41, 5.74) is 7.17. The van der Waals surface area contributed by atoms with Crippen molar-refractivity contribution in [1.29, 1.82) is 0 Å². The van der Waals surface area contributed by atoms with Crippen molar-refractivity contribution < 1.29 is 14.6 Å². The van der Waals surface area contributed by atoms with Crippen molar-refractivity contribution >= 4 is 17.3 Å². The van der Waals surface area contributed by atoms with E-state index in [9.17, 15) is 9.90 Å². The number of aliphatic hydroxyl groups is 1. The summed E-state index contributed by atoms with van der Waals surface area (Å²) in [5, 5.41) is 11.8. The molecule has 3 aromatic carbocycles. The Bertz CT molecular complexity index is 1300. The predicted octanol–water partition coefficient (Wildman–Crippen LogP) is 6.97. The number of hydrogen-bond acceptors (Lipinski definition) is 5. The molecule has 204 valence electrons. The lowest BCUT2D eigenvalue weighted by Crippen LogP contribution is -2.33. The number of anilines is 2. The van der Waals surface area contributed by atoms with Gasteiger partial charge in [-0.2, -0.15) is 0 Å².